The van der Waals surface area contributed by atoms with Gasteiger partial charge in [0.05, 0.1) is 19.1 Å². The number of nitrogens with zero attached hydrogens (tertiary/aromatic N) is 2. The average Bonchev–Trinajstić information content (AvgIpc) is 2.36. The Labute approximate surface area is 121 Å². The molecule has 0 aliphatic heterocycles. The predicted molar refractivity (Wildman–Crippen MR) is 66.3 cm³/mol. The standard InChI is InChI=1S/C8H12BrClN2O7/c1-4-11(19-3)8(9,12(16)17)7(10,5(13)14)6(15)18-2/h4H2,1-3H3,(H,13,14). The van der Waals surface area contributed by atoms with Crippen LogP contribution >= 0.6 is 27.5 Å². The molecule has 9 nitrogen and oxygen atoms in total. The Morgan fingerprint density at radius 1 is 1.53 bits per heavy atom. The van der Waals surface area contributed by atoms with E-state index in [4.69, 9.17) is 21.5 Å². The first-order valence-corrected chi connectivity index (χ1v) is 5.97. The van der Waals surface area contributed by atoms with Crippen LogP contribution in [0.1, 0.15) is 6.92 Å². The summed E-state index contributed by atoms with van der Waals surface area (Å²) in [6, 6.07) is 0. The molecule has 11 heteroatoms. The number of halogens is 2. The van der Waals surface area contributed by atoms with Gasteiger partial charge < -0.3 is 9.84 Å². The SMILES string of the molecule is CCN(OC)C(Br)([N+](=O)[O-])C(Cl)(C(=O)O)C(=O)OC. The lowest BCUT2D eigenvalue weighted by Gasteiger charge is -2.35. The summed E-state index contributed by atoms with van der Waals surface area (Å²) in [7, 11) is 1.93. The predicted octanol–water partition coefficient (Wildman–Crippen LogP) is 0.430. The highest BCUT2D eigenvalue weighted by molar-refractivity contribution is 9.10. The highest BCUT2D eigenvalue weighted by atomic mass is 79.9. The third kappa shape index (κ3) is 2.66. The van der Waals surface area contributed by atoms with Crippen molar-refractivity contribution in [3.63, 3.8) is 0 Å². The van der Waals surface area contributed by atoms with Crippen LogP contribution in [-0.2, 0) is 19.2 Å². The Morgan fingerprint density at radius 2 is 2.00 bits per heavy atom. The Balaban J connectivity index is 6.16. The van der Waals surface area contributed by atoms with Crippen LogP contribution in [0, 0.1) is 10.1 Å². The first kappa shape index (κ1) is 18.0. The second-order valence-corrected chi connectivity index (χ2v) is 4.85. The van der Waals surface area contributed by atoms with E-state index in [0.29, 0.717) is 5.06 Å². The molecule has 0 radical (unpaired) electrons. The van der Waals surface area contributed by atoms with Crippen molar-refractivity contribution in [1.29, 1.82) is 0 Å². The van der Waals surface area contributed by atoms with Crippen LogP contribution in [-0.4, -0.2) is 57.2 Å². The largest absolute Gasteiger partial charge is 0.479 e. The number of alkyl halides is 2. The van der Waals surface area contributed by atoms with Gasteiger partial charge in [-0.2, -0.15) is 0 Å². The summed E-state index contributed by atoms with van der Waals surface area (Å²) in [5.74, 6) is -3.46. The van der Waals surface area contributed by atoms with E-state index in [9.17, 15) is 19.7 Å². The Bertz CT molecular complexity index is 391. The van der Waals surface area contributed by atoms with Gasteiger partial charge in [-0.05, 0) is 6.92 Å². The van der Waals surface area contributed by atoms with Crippen molar-refractivity contribution in [1.82, 2.24) is 5.06 Å². The molecular weight excluding hydrogens is 351 g/mol. The Hall–Kier alpha value is -0.970. The van der Waals surface area contributed by atoms with E-state index in [1.807, 2.05) is 0 Å². The number of carbonyl (C=O) groups excluding carboxylic acids is 1. The molecule has 0 aliphatic carbocycles. The van der Waals surface area contributed by atoms with E-state index in [-0.39, 0.29) is 6.54 Å². The number of rotatable bonds is 7. The zero-order chi connectivity index (χ0) is 15.4. The quantitative estimate of drug-likeness (QED) is 0.131. The fraction of sp³-hybridized carbons (Fsp3) is 0.750. The highest BCUT2D eigenvalue weighted by Crippen LogP contribution is 2.42. The van der Waals surface area contributed by atoms with Crippen molar-refractivity contribution >= 4 is 39.5 Å². The van der Waals surface area contributed by atoms with Crippen LogP contribution < -0.4 is 0 Å². The maximum absolute atomic E-state index is 11.6. The maximum Gasteiger partial charge on any atom is 0.393 e. The van der Waals surface area contributed by atoms with Gasteiger partial charge in [-0.1, -0.05) is 11.6 Å². The zero-order valence-corrected chi connectivity index (χ0v) is 12.6. The number of esters is 1. The minimum Gasteiger partial charge on any atom is -0.479 e. The van der Waals surface area contributed by atoms with E-state index in [2.05, 4.69) is 20.7 Å². The normalized spacial score (nSPS) is 17.4. The van der Waals surface area contributed by atoms with E-state index >= 15 is 0 Å². The molecule has 0 amide bonds. The second kappa shape index (κ2) is 6.46. The lowest BCUT2D eigenvalue weighted by molar-refractivity contribution is -0.591. The van der Waals surface area contributed by atoms with Gasteiger partial charge in [0.15, 0.2) is 0 Å². The molecule has 1 N–H and O–H groups in total. The number of hydrogen-bond acceptors (Lipinski definition) is 7. The summed E-state index contributed by atoms with van der Waals surface area (Å²) in [5, 5.41) is 20.9. The van der Waals surface area contributed by atoms with Crippen LogP contribution in [0.3, 0.4) is 0 Å². The number of methoxy groups -OCH3 is 1. The number of hydroxylamine groups is 2. The molecule has 0 rings (SSSR count). The van der Waals surface area contributed by atoms with E-state index in [1.54, 1.807) is 0 Å². The maximum atomic E-state index is 11.6. The molecular formula is C8H12BrClN2O7. The molecule has 0 spiro atoms. The summed E-state index contributed by atoms with van der Waals surface area (Å²) in [4.78, 5) is 34.7. The Morgan fingerprint density at radius 3 is 2.21 bits per heavy atom. The summed E-state index contributed by atoms with van der Waals surface area (Å²) >= 11 is 8.28. The topological polar surface area (TPSA) is 119 Å². The van der Waals surface area contributed by atoms with Gasteiger partial charge in [0, 0.05) is 22.5 Å². The van der Waals surface area contributed by atoms with Gasteiger partial charge in [0.2, 0.25) is 0 Å². The minimum atomic E-state index is -3.04. The third-order valence-electron chi connectivity index (χ3n) is 2.28. The minimum absolute atomic E-state index is 0.124. The van der Waals surface area contributed by atoms with Gasteiger partial charge in [0.1, 0.15) is 0 Å². The van der Waals surface area contributed by atoms with Gasteiger partial charge in [-0.25, -0.2) is 9.59 Å². The first-order valence-electron chi connectivity index (χ1n) is 4.80. The number of nitro groups is 1. The molecule has 0 saturated heterocycles. The van der Waals surface area contributed by atoms with Crippen LogP contribution in [0.15, 0.2) is 0 Å². The van der Waals surface area contributed by atoms with Crippen molar-refractivity contribution < 1.29 is 29.2 Å². The summed E-state index contributed by atoms with van der Waals surface area (Å²) in [6.45, 7) is 1.32. The second-order valence-electron chi connectivity index (χ2n) is 3.18. The lowest BCUT2D eigenvalue weighted by atomic mass is 10.1. The van der Waals surface area contributed by atoms with Crippen LogP contribution in [0.5, 0.6) is 0 Å². The number of ether oxygens (including phenoxy) is 1. The molecule has 0 aliphatic rings. The van der Waals surface area contributed by atoms with Crippen molar-refractivity contribution in [2.45, 2.75) is 16.4 Å². The highest BCUT2D eigenvalue weighted by Gasteiger charge is 2.74. The zero-order valence-electron chi connectivity index (χ0n) is 10.3. The molecule has 2 unspecified atom stereocenters. The van der Waals surface area contributed by atoms with Crippen molar-refractivity contribution in [3.8, 4) is 0 Å². The molecule has 2 atom stereocenters. The molecule has 0 saturated carbocycles. The monoisotopic (exact) mass is 362 g/mol. The number of carbonyl (C=O) groups is 2. The summed E-state index contributed by atoms with van der Waals surface area (Å²) in [5.41, 5.74) is 0. The molecule has 0 aromatic heterocycles. The lowest BCUT2D eigenvalue weighted by Crippen LogP contribution is -2.68. The van der Waals surface area contributed by atoms with Crippen LogP contribution in [0.2, 0.25) is 0 Å². The van der Waals surface area contributed by atoms with Gasteiger partial charge in [-0.15, -0.1) is 5.06 Å². The Kier molecular flexibility index (Phi) is 6.13. The molecule has 110 valence electrons. The molecule has 19 heavy (non-hydrogen) atoms. The number of carboxylic acids is 1. The average molecular weight is 364 g/mol. The fourth-order valence-corrected chi connectivity index (χ4v) is 2.31. The van der Waals surface area contributed by atoms with Crippen molar-refractivity contribution in [2.75, 3.05) is 20.8 Å². The molecule has 0 heterocycles. The van der Waals surface area contributed by atoms with E-state index in [0.717, 1.165) is 14.2 Å². The third-order valence-corrected chi connectivity index (χ3v) is 4.37. The van der Waals surface area contributed by atoms with Crippen LogP contribution in [0.25, 0.3) is 0 Å². The van der Waals surface area contributed by atoms with Crippen molar-refractivity contribution in [2.24, 2.45) is 0 Å². The molecule has 0 aromatic carbocycles. The van der Waals surface area contributed by atoms with E-state index < -0.39 is 26.3 Å². The van der Waals surface area contributed by atoms with Crippen LogP contribution in [0.4, 0.5) is 0 Å². The first-order chi connectivity index (χ1) is 8.64. The van der Waals surface area contributed by atoms with Gasteiger partial charge >= 0.3 is 21.4 Å². The molecule has 0 fully saturated rings. The number of aliphatic carboxylic acids is 1. The fourth-order valence-electron chi connectivity index (χ4n) is 1.34. The number of carboxylic acid groups (broad SMARTS) is 1. The number of hydrogen-bond donors (Lipinski definition) is 1. The summed E-state index contributed by atoms with van der Waals surface area (Å²) < 4.78 is 1.50. The van der Waals surface area contributed by atoms with Crippen molar-refractivity contribution in [3.05, 3.63) is 10.1 Å². The molecule has 0 bridgehead atoms. The van der Waals surface area contributed by atoms with Gasteiger partial charge in [-0.3, -0.25) is 15.0 Å². The summed E-state index contributed by atoms with van der Waals surface area (Å²) in [6.07, 6.45) is 0. The smallest absolute Gasteiger partial charge is 0.393 e. The van der Waals surface area contributed by atoms with Gasteiger partial charge in [0.25, 0.3) is 0 Å². The molecule has 0 aromatic rings. The van der Waals surface area contributed by atoms with E-state index in [1.165, 1.54) is 6.92 Å².